The molecule has 0 unspecified atom stereocenters. The normalized spacial score (nSPS) is 15.0. The number of nitrogens with zero attached hydrogens (tertiary/aromatic N) is 1. The van der Waals surface area contributed by atoms with Crippen molar-refractivity contribution >= 4 is 33.4 Å². The molecule has 0 saturated carbocycles. The third-order valence-corrected chi connectivity index (χ3v) is 7.35. The summed E-state index contributed by atoms with van der Waals surface area (Å²) in [6, 6.07) is 11.0. The number of hydrogen-bond acceptors (Lipinski definition) is 5. The molecule has 6 nitrogen and oxygen atoms in total. The van der Waals surface area contributed by atoms with Gasteiger partial charge in [-0.15, -0.1) is 0 Å². The second-order valence-corrected chi connectivity index (χ2v) is 9.50. The summed E-state index contributed by atoms with van der Waals surface area (Å²) in [5.74, 6) is -1.19. The number of halogens is 1. The third kappa shape index (κ3) is 5.09. The highest BCUT2D eigenvalue weighted by Crippen LogP contribution is 2.25. The predicted octanol–water partition coefficient (Wildman–Crippen LogP) is 4.12. The lowest BCUT2D eigenvalue weighted by Gasteiger charge is -2.26. The van der Waals surface area contributed by atoms with E-state index in [1.54, 1.807) is 12.1 Å². The summed E-state index contributed by atoms with van der Waals surface area (Å²) in [6.45, 7) is 2.47. The number of hydrogen-bond donors (Lipinski definition) is 0. The largest absolute Gasteiger partial charge is 0.454 e. The lowest BCUT2D eigenvalue weighted by Crippen LogP contribution is -2.35. The first kappa shape index (κ1) is 22.5. The fourth-order valence-electron chi connectivity index (χ4n) is 3.29. The number of rotatable bonds is 7. The van der Waals surface area contributed by atoms with Crippen LogP contribution >= 0.6 is 11.6 Å². The number of Topliss-reactive ketones (excluding diaryl/α,β-unsaturated/α-hetero) is 1. The fourth-order valence-corrected chi connectivity index (χ4v) is 5.03. The lowest BCUT2D eigenvalue weighted by atomic mass is 10.1. The van der Waals surface area contributed by atoms with Gasteiger partial charge >= 0.3 is 5.97 Å². The molecule has 1 saturated heterocycles. The highest BCUT2D eigenvalue weighted by Gasteiger charge is 2.27. The fraction of sp³-hybridized carbons (Fsp3) is 0.364. The summed E-state index contributed by atoms with van der Waals surface area (Å²) >= 11 is 6.10. The number of esters is 1. The summed E-state index contributed by atoms with van der Waals surface area (Å²) < 4.78 is 32.2. The number of piperidine rings is 1. The van der Waals surface area contributed by atoms with Crippen LogP contribution in [-0.4, -0.2) is 44.2 Å². The third-order valence-electron chi connectivity index (χ3n) is 5.13. The van der Waals surface area contributed by atoms with E-state index in [9.17, 15) is 18.0 Å². The Labute approximate surface area is 181 Å². The first-order valence-electron chi connectivity index (χ1n) is 9.92. The minimum atomic E-state index is -3.72. The van der Waals surface area contributed by atoms with Gasteiger partial charge < -0.3 is 4.74 Å². The minimum absolute atomic E-state index is 0.0118. The van der Waals surface area contributed by atoms with Crippen molar-refractivity contribution in [1.29, 1.82) is 0 Å². The van der Waals surface area contributed by atoms with Gasteiger partial charge in [0, 0.05) is 18.7 Å². The van der Waals surface area contributed by atoms with E-state index in [0.717, 1.165) is 31.2 Å². The highest BCUT2D eigenvalue weighted by molar-refractivity contribution is 7.89. The van der Waals surface area contributed by atoms with Gasteiger partial charge in [-0.2, -0.15) is 4.31 Å². The molecule has 30 heavy (non-hydrogen) atoms. The van der Waals surface area contributed by atoms with Gasteiger partial charge in [-0.25, -0.2) is 13.2 Å². The predicted molar refractivity (Wildman–Crippen MR) is 114 cm³/mol. The van der Waals surface area contributed by atoms with Gasteiger partial charge in [0.05, 0.1) is 15.5 Å². The quantitative estimate of drug-likeness (QED) is 0.469. The number of carbonyl (C=O) groups is 2. The van der Waals surface area contributed by atoms with Gasteiger partial charge in [0.2, 0.25) is 10.0 Å². The molecule has 2 aromatic carbocycles. The summed E-state index contributed by atoms with van der Waals surface area (Å²) in [5, 5.41) is 0.0670. The Morgan fingerprint density at radius 3 is 2.33 bits per heavy atom. The van der Waals surface area contributed by atoms with Gasteiger partial charge in [0.1, 0.15) is 0 Å². The number of ether oxygens (including phenoxy) is 1. The summed E-state index contributed by atoms with van der Waals surface area (Å²) in [6.07, 6.45) is 3.48. The zero-order valence-electron chi connectivity index (χ0n) is 16.8. The molecular formula is C22H24ClNO5S. The number of ketones is 1. The molecule has 1 fully saturated rings. The van der Waals surface area contributed by atoms with Crippen molar-refractivity contribution in [2.75, 3.05) is 19.7 Å². The monoisotopic (exact) mass is 449 g/mol. The Bertz CT molecular complexity index is 1030. The molecule has 160 valence electrons. The van der Waals surface area contributed by atoms with E-state index in [0.29, 0.717) is 18.7 Å². The maximum absolute atomic E-state index is 12.9. The van der Waals surface area contributed by atoms with Gasteiger partial charge in [0.25, 0.3) is 0 Å². The topological polar surface area (TPSA) is 80.8 Å². The van der Waals surface area contributed by atoms with E-state index in [1.165, 1.54) is 22.5 Å². The van der Waals surface area contributed by atoms with Crippen LogP contribution in [0, 0.1) is 0 Å². The first-order chi connectivity index (χ1) is 14.3. The molecule has 1 aliphatic rings. The van der Waals surface area contributed by atoms with Crippen LogP contribution in [-0.2, 0) is 21.2 Å². The Balaban J connectivity index is 1.72. The molecule has 0 atom stereocenters. The smallest absolute Gasteiger partial charge is 0.340 e. The first-order valence-corrected chi connectivity index (χ1v) is 11.7. The van der Waals surface area contributed by atoms with Crippen LogP contribution < -0.4 is 0 Å². The molecule has 0 spiro atoms. The van der Waals surface area contributed by atoms with Crippen molar-refractivity contribution in [3.05, 3.63) is 64.2 Å². The van der Waals surface area contributed by atoms with E-state index in [-0.39, 0.29) is 21.3 Å². The van der Waals surface area contributed by atoms with Gasteiger partial charge in [-0.3, -0.25) is 4.79 Å². The molecule has 0 radical (unpaired) electrons. The van der Waals surface area contributed by atoms with Crippen molar-refractivity contribution in [2.24, 2.45) is 0 Å². The summed E-state index contributed by atoms with van der Waals surface area (Å²) in [7, 11) is -3.72. The Morgan fingerprint density at radius 1 is 1.03 bits per heavy atom. The molecular weight excluding hydrogens is 426 g/mol. The average molecular weight is 450 g/mol. The molecule has 1 heterocycles. The number of benzene rings is 2. The number of sulfonamides is 1. The van der Waals surface area contributed by atoms with E-state index in [2.05, 4.69) is 0 Å². The maximum atomic E-state index is 12.9. The van der Waals surface area contributed by atoms with Crippen LogP contribution in [0.25, 0.3) is 0 Å². The van der Waals surface area contributed by atoms with Crippen molar-refractivity contribution in [1.82, 2.24) is 4.31 Å². The summed E-state index contributed by atoms with van der Waals surface area (Å²) in [5.41, 5.74) is 1.46. The molecule has 2 aromatic rings. The maximum Gasteiger partial charge on any atom is 0.340 e. The van der Waals surface area contributed by atoms with Crippen LogP contribution in [0.5, 0.6) is 0 Å². The molecule has 0 aromatic heterocycles. The molecule has 1 aliphatic heterocycles. The molecule has 0 aliphatic carbocycles. The van der Waals surface area contributed by atoms with E-state index < -0.39 is 22.6 Å². The minimum Gasteiger partial charge on any atom is -0.454 e. The van der Waals surface area contributed by atoms with Gasteiger partial charge in [-0.05, 0) is 43.0 Å². The molecule has 3 rings (SSSR count). The van der Waals surface area contributed by atoms with Crippen molar-refractivity contribution in [2.45, 2.75) is 37.5 Å². The van der Waals surface area contributed by atoms with E-state index in [1.807, 2.05) is 19.1 Å². The summed E-state index contributed by atoms with van der Waals surface area (Å²) in [4.78, 5) is 24.8. The van der Waals surface area contributed by atoms with Crippen LogP contribution in [0.4, 0.5) is 0 Å². The lowest BCUT2D eigenvalue weighted by molar-refractivity contribution is 0.0474. The second-order valence-electron chi connectivity index (χ2n) is 7.16. The van der Waals surface area contributed by atoms with Crippen molar-refractivity contribution in [3.8, 4) is 0 Å². The van der Waals surface area contributed by atoms with Crippen LogP contribution in [0.2, 0.25) is 5.02 Å². The van der Waals surface area contributed by atoms with Gasteiger partial charge in [-0.1, -0.05) is 49.2 Å². The zero-order valence-corrected chi connectivity index (χ0v) is 18.3. The van der Waals surface area contributed by atoms with Gasteiger partial charge in [0.15, 0.2) is 12.4 Å². The molecule has 0 amide bonds. The van der Waals surface area contributed by atoms with E-state index >= 15 is 0 Å². The van der Waals surface area contributed by atoms with Crippen LogP contribution in [0.1, 0.15) is 52.5 Å². The van der Waals surface area contributed by atoms with Crippen LogP contribution in [0.15, 0.2) is 47.4 Å². The molecule has 0 bridgehead atoms. The standard InChI is InChI=1S/C22H24ClNO5S/c1-2-16-6-8-17(9-7-16)21(25)15-29-22(26)19-14-18(10-11-20(19)23)30(27,28)24-12-4-3-5-13-24/h6-11,14H,2-5,12-13,15H2,1H3. The van der Waals surface area contributed by atoms with E-state index in [4.69, 9.17) is 16.3 Å². The van der Waals surface area contributed by atoms with Crippen LogP contribution in [0.3, 0.4) is 0 Å². The number of carbonyl (C=O) groups excluding carboxylic acids is 2. The van der Waals surface area contributed by atoms with Crippen molar-refractivity contribution in [3.63, 3.8) is 0 Å². The zero-order chi connectivity index (χ0) is 21.7. The molecule has 0 N–H and O–H groups in total. The Hall–Kier alpha value is -2.22. The second kappa shape index (κ2) is 9.73. The Kier molecular flexibility index (Phi) is 7.28. The van der Waals surface area contributed by atoms with Crippen molar-refractivity contribution < 1.29 is 22.7 Å². The number of aryl methyl sites for hydroxylation is 1. The average Bonchev–Trinajstić information content (AvgIpc) is 2.78. The highest BCUT2D eigenvalue weighted by atomic mass is 35.5. The SMILES string of the molecule is CCc1ccc(C(=O)COC(=O)c2cc(S(=O)(=O)N3CCCCC3)ccc2Cl)cc1. The molecule has 8 heteroatoms. The Morgan fingerprint density at radius 2 is 1.70 bits per heavy atom.